The lowest BCUT2D eigenvalue weighted by Gasteiger charge is -2.40. The van der Waals surface area contributed by atoms with Gasteiger partial charge in [0.25, 0.3) is 11.8 Å². The van der Waals surface area contributed by atoms with Crippen LogP contribution in [0.5, 0.6) is 0 Å². The molecule has 0 spiro atoms. The van der Waals surface area contributed by atoms with Gasteiger partial charge in [-0.15, -0.1) is 0 Å². The van der Waals surface area contributed by atoms with Crippen molar-refractivity contribution < 1.29 is 18.9 Å². The second-order valence-electron chi connectivity index (χ2n) is 6.71. The monoisotopic (exact) mass is 348 g/mol. The maximum Gasteiger partial charge on any atom is 0.322 e. The highest BCUT2D eigenvalue weighted by atomic mass is 16.5. The number of likely N-dealkylation sites (tertiary alicyclic amines) is 1. The van der Waals surface area contributed by atoms with Crippen LogP contribution in [0.3, 0.4) is 0 Å². The van der Waals surface area contributed by atoms with Crippen LogP contribution in [-0.2, 0) is 11.2 Å². The van der Waals surface area contributed by atoms with Gasteiger partial charge in [0.05, 0.1) is 5.69 Å². The normalized spacial score (nSPS) is 24.4. The molecule has 8 nitrogen and oxygen atoms in total. The Kier molecular flexibility index (Phi) is 4.53. The second-order valence-corrected chi connectivity index (χ2v) is 6.71. The van der Waals surface area contributed by atoms with Crippen molar-refractivity contribution in [1.29, 1.82) is 0 Å². The summed E-state index contributed by atoms with van der Waals surface area (Å²) in [6.45, 7) is 6.67. The number of nitrogens with one attached hydrogen (secondary N) is 2. The minimum Gasteiger partial charge on any atom is -0.361 e. The summed E-state index contributed by atoms with van der Waals surface area (Å²) in [4.78, 5) is 38.5. The van der Waals surface area contributed by atoms with E-state index >= 15 is 0 Å². The zero-order chi connectivity index (χ0) is 18.2. The Bertz CT molecular complexity index is 706. The number of hydrogen-bond acceptors (Lipinski definition) is 5. The molecule has 0 aliphatic carbocycles. The summed E-state index contributed by atoms with van der Waals surface area (Å²) in [7, 11) is 0. The van der Waals surface area contributed by atoms with Gasteiger partial charge in [0.1, 0.15) is 16.9 Å². The standard InChI is InChI=1S/C17H24N4O4/c1-4-12-13(10(3)25-20-12)14(22)21-8-6-11(7-9-21)17(5-2)15(23)18-16(24)19-17/h11H,4-9H2,1-3H3,(H2,18,19,23,24)/t17-/m0/s1. The average Bonchev–Trinajstić information content (AvgIpc) is 3.13. The van der Waals surface area contributed by atoms with Crippen LogP contribution in [0.15, 0.2) is 4.52 Å². The SMILES string of the molecule is CCc1noc(C)c1C(=O)N1CCC([C@]2(CC)NC(=O)NC2=O)CC1. The van der Waals surface area contributed by atoms with E-state index in [1.807, 2.05) is 13.8 Å². The van der Waals surface area contributed by atoms with Gasteiger partial charge in [-0.3, -0.25) is 14.9 Å². The fourth-order valence-corrected chi connectivity index (χ4v) is 4.00. The molecule has 136 valence electrons. The molecule has 2 aliphatic rings. The minimum atomic E-state index is -0.853. The van der Waals surface area contributed by atoms with Crippen LogP contribution >= 0.6 is 0 Å². The van der Waals surface area contributed by atoms with Crippen molar-refractivity contribution in [1.82, 2.24) is 20.7 Å². The molecular formula is C17H24N4O4. The molecule has 8 heteroatoms. The number of nitrogens with zero attached hydrogens (tertiary/aromatic N) is 2. The third-order valence-corrected chi connectivity index (χ3v) is 5.49. The van der Waals surface area contributed by atoms with E-state index in [0.717, 1.165) is 0 Å². The predicted molar refractivity (Wildman–Crippen MR) is 88.9 cm³/mol. The number of rotatable bonds is 4. The number of carbonyl (C=O) groups excluding carboxylic acids is 3. The molecule has 0 radical (unpaired) electrons. The van der Waals surface area contributed by atoms with E-state index in [1.165, 1.54) is 0 Å². The molecule has 4 amide bonds. The van der Waals surface area contributed by atoms with E-state index in [0.29, 0.717) is 55.8 Å². The van der Waals surface area contributed by atoms with Gasteiger partial charge in [-0.05, 0) is 38.5 Å². The molecule has 3 heterocycles. The maximum atomic E-state index is 12.8. The molecule has 0 unspecified atom stereocenters. The summed E-state index contributed by atoms with van der Waals surface area (Å²) >= 11 is 0. The topological polar surface area (TPSA) is 105 Å². The van der Waals surface area contributed by atoms with Crippen LogP contribution in [0.2, 0.25) is 0 Å². The van der Waals surface area contributed by atoms with Crippen molar-refractivity contribution in [2.45, 2.75) is 52.0 Å². The average molecular weight is 348 g/mol. The highest BCUT2D eigenvalue weighted by molar-refractivity contribution is 6.07. The van der Waals surface area contributed by atoms with Crippen LogP contribution in [-0.4, -0.2) is 46.5 Å². The predicted octanol–water partition coefficient (Wildman–Crippen LogP) is 1.39. The number of piperidine rings is 1. The van der Waals surface area contributed by atoms with E-state index < -0.39 is 11.6 Å². The second kappa shape index (κ2) is 6.50. The third-order valence-electron chi connectivity index (χ3n) is 5.49. The number of hydrogen-bond donors (Lipinski definition) is 2. The van der Waals surface area contributed by atoms with Crippen LogP contribution in [0.1, 0.15) is 54.9 Å². The van der Waals surface area contributed by atoms with Crippen LogP contribution < -0.4 is 10.6 Å². The van der Waals surface area contributed by atoms with Crippen molar-refractivity contribution in [3.8, 4) is 0 Å². The fourth-order valence-electron chi connectivity index (χ4n) is 4.00. The Balaban J connectivity index is 1.71. The van der Waals surface area contributed by atoms with E-state index in [1.54, 1.807) is 11.8 Å². The summed E-state index contributed by atoms with van der Waals surface area (Å²) in [5, 5.41) is 9.10. The molecule has 2 fully saturated rings. The molecular weight excluding hydrogens is 324 g/mol. The Hall–Kier alpha value is -2.38. The van der Waals surface area contributed by atoms with Gasteiger partial charge in [0.2, 0.25) is 0 Å². The number of aromatic nitrogens is 1. The number of urea groups is 1. The zero-order valence-electron chi connectivity index (χ0n) is 14.8. The van der Waals surface area contributed by atoms with E-state index in [2.05, 4.69) is 15.8 Å². The minimum absolute atomic E-state index is 0.0159. The van der Waals surface area contributed by atoms with Crippen LogP contribution in [0, 0.1) is 12.8 Å². The Labute approximate surface area is 146 Å². The van der Waals surface area contributed by atoms with Crippen molar-refractivity contribution in [3.05, 3.63) is 17.0 Å². The molecule has 2 aliphatic heterocycles. The smallest absolute Gasteiger partial charge is 0.322 e. The molecule has 1 atom stereocenters. The van der Waals surface area contributed by atoms with Gasteiger partial charge in [-0.2, -0.15) is 0 Å². The van der Waals surface area contributed by atoms with Crippen molar-refractivity contribution in [2.24, 2.45) is 5.92 Å². The van der Waals surface area contributed by atoms with Gasteiger partial charge in [0, 0.05) is 13.1 Å². The first kappa shape index (κ1) is 17.4. The third kappa shape index (κ3) is 2.79. The van der Waals surface area contributed by atoms with E-state index in [4.69, 9.17) is 4.52 Å². The van der Waals surface area contributed by atoms with E-state index in [9.17, 15) is 14.4 Å². The summed E-state index contributed by atoms with van der Waals surface area (Å²) in [6, 6.07) is -0.432. The molecule has 25 heavy (non-hydrogen) atoms. The molecule has 0 aromatic carbocycles. The van der Waals surface area contributed by atoms with Crippen molar-refractivity contribution in [2.75, 3.05) is 13.1 Å². The molecule has 2 N–H and O–H groups in total. The fraction of sp³-hybridized carbons (Fsp3) is 0.647. The molecule has 0 bridgehead atoms. The van der Waals surface area contributed by atoms with Gasteiger partial charge < -0.3 is 14.7 Å². The number of amides is 4. The quantitative estimate of drug-likeness (QED) is 0.800. The summed E-state index contributed by atoms with van der Waals surface area (Å²) in [5.41, 5.74) is 0.378. The zero-order valence-corrected chi connectivity index (χ0v) is 14.8. The van der Waals surface area contributed by atoms with Crippen molar-refractivity contribution in [3.63, 3.8) is 0 Å². The Morgan fingerprint density at radius 3 is 2.52 bits per heavy atom. The molecule has 2 saturated heterocycles. The largest absolute Gasteiger partial charge is 0.361 e. The van der Waals surface area contributed by atoms with Gasteiger partial charge in [-0.25, -0.2) is 4.79 Å². The maximum absolute atomic E-state index is 12.8. The number of aryl methyl sites for hydroxylation is 2. The lowest BCUT2D eigenvalue weighted by molar-refractivity contribution is -0.126. The highest BCUT2D eigenvalue weighted by Crippen LogP contribution is 2.34. The molecule has 1 aromatic heterocycles. The lowest BCUT2D eigenvalue weighted by atomic mass is 9.76. The Morgan fingerprint density at radius 1 is 1.32 bits per heavy atom. The van der Waals surface area contributed by atoms with Crippen LogP contribution in [0.25, 0.3) is 0 Å². The first-order valence-corrected chi connectivity index (χ1v) is 8.81. The van der Waals surface area contributed by atoms with Gasteiger partial charge >= 0.3 is 6.03 Å². The number of imide groups is 1. The van der Waals surface area contributed by atoms with E-state index in [-0.39, 0.29) is 17.7 Å². The summed E-state index contributed by atoms with van der Waals surface area (Å²) in [6.07, 6.45) is 2.51. The summed E-state index contributed by atoms with van der Waals surface area (Å²) < 4.78 is 5.16. The number of carbonyl (C=O) groups is 3. The van der Waals surface area contributed by atoms with Crippen LogP contribution in [0.4, 0.5) is 4.79 Å². The van der Waals surface area contributed by atoms with Crippen molar-refractivity contribution >= 4 is 17.8 Å². The Morgan fingerprint density at radius 2 is 2.00 bits per heavy atom. The summed E-state index contributed by atoms with van der Waals surface area (Å²) in [5.74, 6) is 0.228. The highest BCUT2D eigenvalue weighted by Gasteiger charge is 2.51. The first-order chi connectivity index (χ1) is 11.9. The molecule has 0 saturated carbocycles. The lowest BCUT2D eigenvalue weighted by Crippen LogP contribution is -2.56. The van der Waals surface area contributed by atoms with Gasteiger partial charge in [-0.1, -0.05) is 19.0 Å². The molecule has 3 rings (SSSR count). The molecule has 1 aromatic rings. The first-order valence-electron chi connectivity index (χ1n) is 8.81. The van der Waals surface area contributed by atoms with Gasteiger partial charge in [0.15, 0.2) is 0 Å².